The van der Waals surface area contributed by atoms with Crippen LogP contribution in [0.1, 0.15) is 11.6 Å². The minimum absolute atomic E-state index is 0.114. The summed E-state index contributed by atoms with van der Waals surface area (Å²) in [7, 11) is 0. The molecule has 1 rings (SSSR count). The number of nitrogen functional groups attached to an aromatic ring is 1. The van der Waals surface area contributed by atoms with Crippen molar-refractivity contribution in [1.82, 2.24) is 0 Å². The van der Waals surface area contributed by atoms with E-state index >= 15 is 0 Å². The van der Waals surface area contributed by atoms with Crippen LogP contribution in [0, 0.1) is 5.82 Å². The Morgan fingerprint density at radius 2 is 2.07 bits per heavy atom. The Labute approximate surface area is 78.8 Å². The summed E-state index contributed by atoms with van der Waals surface area (Å²) >= 11 is 0. The van der Waals surface area contributed by atoms with Gasteiger partial charge in [0.1, 0.15) is 17.6 Å². The van der Waals surface area contributed by atoms with E-state index in [-0.39, 0.29) is 11.3 Å². The van der Waals surface area contributed by atoms with Crippen LogP contribution in [0.4, 0.5) is 10.1 Å². The number of nitrogens with two attached hydrogens (primary N) is 2. The van der Waals surface area contributed by atoms with E-state index in [9.17, 15) is 14.3 Å². The topological polar surface area (TPSA) is 110 Å². The van der Waals surface area contributed by atoms with Crippen molar-refractivity contribution in [3.8, 4) is 5.75 Å². The standard InChI is InChI=1S/C8H9FN2O3/c9-4-2-6(12)3(1-5(4)10)7(11)8(13)14/h1-2,7,12H,10-11H2,(H,13,14)/t7-/m0/s1. The molecular formula is C8H9FN2O3. The molecule has 6 heteroatoms. The lowest BCUT2D eigenvalue weighted by molar-refractivity contribution is -0.138. The fourth-order valence-corrected chi connectivity index (χ4v) is 0.979. The number of carboxylic acids is 1. The van der Waals surface area contributed by atoms with Crippen LogP contribution in [-0.4, -0.2) is 16.2 Å². The van der Waals surface area contributed by atoms with E-state index in [4.69, 9.17) is 16.6 Å². The molecular weight excluding hydrogens is 191 g/mol. The molecule has 0 heterocycles. The first kappa shape index (κ1) is 10.3. The Morgan fingerprint density at radius 1 is 1.50 bits per heavy atom. The van der Waals surface area contributed by atoms with Gasteiger partial charge in [0.25, 0.3) is 0 Å². The smallest absolute Gasteiger partial charge is 0.325 e. The third kappa shape index (κ3) is 1.74. The Kier molecular flexibility index (Phi) is 2.57. The van der Waals surface area contributed by atoms with Gasteiger partial charge in [-0.3, -0.25) is 4.79 Å². The van der Waals surface area contributed by atoms with Gasteiger partial charge in [0, 0.05) is 11.6 Å². The highest BCUT2D eigenvalue weighted by atomic mass is 19.1. The quantitative estimate of drug-likeness (QED) is 0.402. The van der Waals surface area contributed by atoms with Crippen molar-refractivity contribution < 1.29 is 19.4 Å². The summed E-state index contributed by atoms with van der Waals surface area (Å²) in [4.78, 5) is 10.5. The first-order valence-corrected chi connectivity index (χ1v) is 3.69. The molecule has 0 aliphatic carbocycles. The Balaban J connectivity index is 3.22. The molecule has 0 aliphatic heterocycles. The fourth-order valence-electron chi connectivity index (χ4n) is 0.979. The number of aromatic hydroxyl groups is 1. The number of carbonyl (C=O) groups is 1. The Bertz CT molecular complexity index is 381. The maximum absolute atomic E-state index is 12.8. The zero-order chi connectivity index (χ0) is 10.9. The molecule has 0 saturated heterocycles. The lowest BCUT2D eigenvalue weighted by Crippen LogP contribution is -2.21. The number of anilines is 1. The van der Waals surface area contributed by atoms with E-state index in [2.05, 4.69) is 0 Å². The van der Waals surface area contributed by atoms with E-state index in [0.29, 0.717) is 0 Å². The lowest BCUT2D eigenvalue weighted by atomic mass is 10.1. The molecule has 1 atom stereocenters. The van der Waals surface area contributed by atoms with Crippen molar-refractivity contribution in [3.63, 3.8) is 0 Å². The Hall–Kier alpha value is -1.82. The van der Waals surface area contributed by atoms with Crippen LogP contribution in [0.2, 0.25) is 0 Å². The van der Waals surface area contributed by atoms with Crippen LogP contribution >= 0.6 is 0 Å². The molecule has 6 N–H and O–H groups in total. The van der Waals surface area contributed by atoms with E-state index < -0.39 is 23.6 Å². The van der Waals surface area contributed by atoms with E-state index in [0.717, 1.165) is 12.1 Å². The molecule has 0 aliphatic rings. The maximum Gasteiger partial charge on any atom is 0.325 e. The molecule has 0 saturated carbocycles. The summed E-state index contributed by atoms with van der Waals surface area (Å²) < 4.78 is 12.8. The monoisotopic (exact) mass is 200 g/mol. The van der Waals surface area contributed by atoms with Crippen molar-refractivity contribution in [2.24, 2.45) is 5.73 Å². The summed E-state index contributed by atoms with van der Waals surface area (Å²) in [5.74, 6) is -2.67. The molecule has 0 radical (unpaired) electrons. The Morgan fingerprint density at radius 3 is 2.57 bits per heavy atom. The minimum Gasteiger partial charge on any atom is -0.507 e. The molecule has 1 aromatic rings. The molecule has 14 heavy (non-hydrogen) atoms. The van der Waals surface area contributed by atoms with Gasteiger partial charge in [-0.2, -0.15) is 0 Å². The van der Waals surface area contributed by atoms with Crippen molar-refractivity contribution in [3.05, 3.63) is 23.5 Å². The number of carboxylic acid groups (broad SMARTS) is 1. The molecule has 0 fully saturated rings. The van der Waals surface area contributed by atoms with E-state index in [1.807, 2.05) is 0 Å². The van der Waals surface area contributed by atoms with Gasteiger partial charge in [0.05, 0.1) is 5.69 Å². The lowest BCUT2D eigenvalue weighted by Gasteiger charge is -2.10. The third-order valence-electron chi connectivity index (χ3n) is 1.75. The molecule has 1 aromatic carbocycles. The zero-order valence-corrected chi connectivity index (χ0v) is 7.07. The van der Waals surface area contributed by atoms with Crippen LogP contribution in [0.5, 0.6) is 5.75 Å². The van der Waals surface area contributed by atoms with Crippen LogP contribution in [0.3, 0.4) is 0 Å². The highest BCUT2D eigenvalue weighted by Gasteiger charge is 2.19. The minimum atomic E-state index is -1.42. The predicted octanol–water partition coefficient (Wildman–Crippen LogP) is 0.198. The maximum atomic E-state index is 12.8. The second-order valence-electron chi connectivity index (χ2n) is 2.75. The van der Waals surface area contributed by atoms with Gasteiger partial charge in [-0.25, -0.2) is 4.39 Å². The summed E-state index contributed by atoms with van der Waals surface area (Å²) in [5, 5.41) is 17.7. The second-order valence-corrected chi connectivity index (χ2v) is 2.75. The summed E-state index contributed by atoms with van der Waals surface area (Å²) in [6.45, 7) is 0. The number of phenols is 1. The van der Waals surface area contributed by atoms with Gasteiger partial charge in [-0.1, -0.05) is 0 Å². The number of aliphatic carboxylic acids is 1. The number of benzene rings is 1. The number of hydrogen-bond donors (Lipinski definition) is 4. The fraction of sp³-hybridized carbons (Fsp3) is 0.125. The number of hydrogen-bond acceptors (Lipinski definition) is 4. The highest BCUT2D eigenvalue weighted by Crippen LogP contribution is 2.27. The largest absolute Gasteiger partial charge is 0.507 e. The number of phenolic OH excluding ortho intramolecular Hbond substituents is 1. The molecule has 0 spiro atoms. The van der Waals surface area contributed by atoms with Crippen LogP contribution in [0.25, 0.3) is 0 Å². The molecule has 0 bridgehead atoms. The van der Waals surface area contributed by atoms with Gasteiger partial charge in [0.15, 0.2) is 0 Å². The molecule has 0 aromatic heterocycles. The second kappa shape index (κ2) is 3.51. The molecule has 0 unspecified atom stereocenters. The average molecular weight is 200 g/mol. The van der Waals surface area contributed by atoms with Gasteiger partial charge < -0.3 is 21.7 Å². The zero-order valence-electron chi connectivity index (χ0n) is 7.07. The summed E-state index contributed by atoms with van der Waals surface area (Å²) in [6, 6.07) is 0.314. The van der Waals surface area contributed by atoms with Gasteiger partial charge >= 0.3 is 5.97 Å². The van der Waals surface area contributed by atoms with E-state index in [1.54, 1.807) is 0 Å². The molecule has 5 nitrogen and oxygen atoms in total. The van der Waals surface area contributed by atoms with Crippen molar-refractivity contribution in [2.75, 3.05) is 5.73 Å². The van der Waals surface area contributed by atoms with Gasteiger partial charge in [-0.05, 0) is 6.07 Å². The summed E-state index contributed by atoms with van der Waals surface area (Å²) in [6.07, 6.45) is 0. The van der Waals surface area contributed by atoms with Crippen molar-refractivity contribution >= 4 is 11.7 Å². The normalized spacial score (nSPS) is 12.4. The third-order valence-corrected chi connectivity index (χ3v) is 1.75. The van der Waals surface area contributed by atoms with Crippen molar-refractivity contribution in [2.45, 2.75) is 6.04 Å². The van der Waals surface area contributed by atoms with Crippen molar-refractivity contribution in [1.29, 1.82) is 0 Å². The van der Waals surface area contributed by atoms with Gasteiger partial charge in [-0.15, -0.1) is 0 Å². The number of halogens is 1. The highest BCUT2D eigenvalue weighted by molar-refractivity contribution is 5.77. The van der Waals surface area contributed by atoms with Crippen LogP contribution < -0.4 is 11.5 Å². The van der Waals surface area contributed by atoms with Gasteiger partial charge in [0.2, 0.25) is 0 Å². The number of rotatable bonds is 2. The molecule has 76 valence electrons. The predicted molar refractivity (Wildman–Crippen MR) is 47.0 cm³/mol. The summed E-state index contributed by atoms with van der Waals surface area (Å²) in [5.41, 5.74) is 10.0. The first-order valence-electron chi connectivity index (χ1n) is 3.69. The average Bonchev–Trinajstić information content (AvgIpc) is 2.10. The SMILES string of the molecule is Nc1cc([C@H](N)C(=O)O)c(O)cc1F. The first-order chi connectivity index (χ1) is 6.43. The van der Waals surface area contributed by atoms with Crippen LogP contribution in [0.15, 0.2) is 12.1 Å². The molecule has 0 amide bonds. The van der Waals surface area contributed by atoms with E-state index in [1.165, 1.54) is 0 Å². The van der Waals surface area contributed by atoms with Crippen LogP contribution in [-0.2, 0) is 4.79 Å².